The Bertz CT molecular complexity index is 1170. The number of phosphoric acid groups is 1. The SMILES string of the molecule is CC/C=C\C/C=C\C/C=C\C/C=C\C/C=C\C/C=C\CCC(=O)OC[C@H](COP(=O)(O)O)OC(=O)CCCCCCCCCCCCCCCCCCCCCCC. The van der Waals surface area contributed by atoms with Crippen molar-refractivity contribution in [2.24, 2.45) is 0 Å². The third-order valence-electron chi connectivity index (χ3n) is 9.75. The molecule has 0 aliphatic carbocycles. The molecule has 0 aliphatic heterocycles. The van der Waals surface area contributed by atoms with Crippen molar-refractivity contribution in [1.29, 1.82) is 0 Å². The van der Waals surface area contributed by atoms with Crippen LogP contribution < -0.4 is 0 Å². The van der Waals surface area contributed by atoms with Crippen molar-refractivity contribution >= 4 is 19.8 Å². The summed E-state index contributed by atoms with van der Waals surface area (Å²) in [5.74, 6) is -0.979. The van der Waals surface area contributed by atoms with Crippen molar-refractivity contribution in [2.45, 2.75) is 213 Å². The molecule has 0 aromatic rings. The van der Waals surface area contributed by atoms with Crippen LogP contribution in [0, 0.1) is 0 Å². The van der Waals surface area contributed by atoms with E-state index in [0.717, 1.165) is 57.8 Å². The standard InChI is InChI=1S/C49H85O8P/c1-3-5-7-9-11-13-15-17-19-21-23-24-26-28-30-32-34-36-38-40-42-44-49(51)57-47(46-56-58(52,53)54)45-55-48(50)43-41-39-37-35-33-31-29-27-25-22-20-18-16-14-12-10-8-6-4-2/h6,8,12,14,18,20,25,27,31,33,37,39,47H,3-5,7,9-11,13,15-17,19,21-24,26,28-30,32,34-36,38,40-46H2,1-2H3,(H2,52,53,54)/b8-6-,14-12-,20-18-,27-25-,33-31-,39-37-/t47-/m1/s1. The van der Waals surface area contributed by atoms with E-state index in [2.05, 4.69) is 79.1 Å². The summed E-state index contributed by atoms with van der Waals surface area (Å²) in [6, 6.07) is 0. The number of allylic oxidation sites excluding steroid dienone is 12. The van der Waals surface area contributed by atoms with Gasteiger partial charge in [0, 0.05) is 12.8 Å². The molecule has 0 saturated carbocycles. The second-order valence-electron chi connectivity index (χ2n) is 15.4. The van der Waals surface area contributed by atoms with Gasteiger partial charge in [-0.1, -0.05) is 215 Å². The molecule has 58 heavy (non-hydrogen) atoms. The lowest BCUT2D eigenvalue weighted by Gasteiger charge is -2.18. The first-order valence-corrected chi connectivity index (χ1v) is 24.8. The lowest BCUT2D eigenvalue weighted by molar-refractivity contribution is -0.161. The van der Waals surface area contributed by atoms with Gasteiger partial charge in [-0.2, -0.15) is 0 Å². The highest BCUT2D eigenvalue weighted by atomic mass is 31.2. The van der Waals surface area contributed by atoms with E-state index in [9.17, 15) is 14.2 Å². The second-order valence-corrected chi connectivity index (χ2v) is 16.6. The van der Waals surface area contributed by atoms with Crippen LogP contribution in [-0.2, 0) is 28.2 Å². The Balaban J connectivity index is 3.96. The van der Waals surface area contributed by atoms with Crippen molar-refractivity contribution in [3.8, 4) is 0 Å². The molecule has 0 heterocycles. The number of esters is 2. The molecule has 0 bridgehead atoms. The molecule has 0 saturated heterocycles. The summed E-state index contributed by atoms with van der Waals surface area (Å²) in [6.07, 6.45) is 57.9. The molecule has 1 atom stereocenters. The number of phosphoric ester groups is 1. The molecular weight excluding hydrogens is 748 g/mol. The molecule has 334 valence electrons. The highest BCUT2D eigenvalue weighted by Crippen LogP contribution is 2.36. The number of ether oxygens (including phenoxy) is 2. The Morgan fingerprint density at radius 2 is 0.828 bits per heavy atom. The first-order chi connectivity index (χ1) is 28.3. The number of unbranched alkanes of at least 4 members (excludes halogenated alkanes) is 20. The van der Waals surface area contributed by atoms with Crippen LogP contribution in [0.2, 0.25) is 0 Å². The molecule has 0 rings (SSSR count). The predicted molar refractivity (Wildman–Crippen MR) is 244 cm³/mol. The molecule has 9 heteroatoms. The smallest absolute Gasteiger partial charge is 0.462 e. The second kappa shape index (κ2) is 44.1. The van der Waals surface area contributed by atoms with Gasteiger partial charge in [0.2, 0.25) is 0 Å². The minimum Gasteiger partial charge on any atom is -0.462 e. The van der Waals surface area contributed by atoms with Gasteiger partial charge >= 0.3 is 19.8 Å². The van der Waals surface area contributed by atoms with Gasteiger partial charge in [-0.25, -0.2) is 4.57 Å². The lowest BCUT2D eigenvalue weighted by atomic mass is 10.0. The summed E-state index contributed by atoms with van der Waals surface area (Å²) < 4.78 is 26.4. The van der Waals surface area contributed by atoms with Crippen molar-refractivity contribution in [3.63, 3.8) is 0 Å². The highest BCUT2D eigenvalue weighted by molar-refractivity contribution is 7.46. The van der Waals surface area contributed by atoms with Crippen LogP contribution in [0.1, 0.15) is 206 Å². The lowest BCUT2D eigenvalue weighted by Crippen LogP contribution is -2.29. The summed E-state index contributed by atoms with van der Waals surface area (Å²) in [5.41, 5.74) is 0. The topological polar surface area (TPSA) is 119 Å². The Labute approximate surface area is 355 Å². The molecule has 0 aliphatic rings. The van der Waals surface area contributed by atoms with Crippen LogP contribution in [-0.4, -0.2) is 41.0 Å². The third-order valence-corrected chi connectivity index (χ3v) is 10.2. The molecule has 0 radical (unpaired) electrons. The summed E-state index contributed by atoms with van der Waals surface area (Å²) in [6.45, 7) is 3.53. The number of carbonyl (C=O) groups excluding carboxylic acids is 2. The van der Waals surface area contributed by atoms with E-state index in [4.69, 9.17) is 19.3 Å². The zero-order valence-corrected chi connectivity index (χ0v) is 37.8. The van der Waals surface area contributed by atoms with E-state index in [-0.39, 0.29) is 19.4 Å². The number of carbonyl (C=O) groups is 2. The zero-order chi connectivity index (χ0) is 42.5. The van der Waals surface area contributed by atoms with Gasteiger partial charge in [-0.05, 0) is 51.4 Å². The molecule has 0 spiro atoms. The Morgan fingerprint density at radius 1 is 0.466 bits per heavy atom. The molecule has 0 aromatic carbocycles. The fourth-order valence-corrected chi connectivity index (χ4v) is 6.70. The molecule has 0 unspecified atom stereocenters. The van der Waals surface area contributed by atoms with Crippen LogP contribution in [0.25, 0.3) is 0 Å². The van der Waals surface area contributed by atoms with Gasteiger partial charge in [0.1, 0.15) is 6.61 Å². The van der Waals surface area contributed by atoms with E-state index in [1.54, 1.807) is 0 Å². The fourth-order valence-electron chi connectivity index (χ4n) is 6.34. The van der Waals surface area contributed by atoms with Crippen LogP contribution in [0.3, 0.4) is 0 Å². The Hall–Kier alpha value is -2.51. The number of hydrogen-bond acceptors (Lipinski definition) is 6. The van der Waals surface area contributed by atoms with E-state index in [1.165, 1.54) is 109 Å². The highest BCUT2D eigenvalue weighted by Gasteiger charge is 2.22. The van der Waals surface area contributed by atoms with Crippen molar-refractivity contribution in [1.82, 2.24) is 0 Å². The summed E-state index contributed by atoms with van der Waals surface area (Å²) >= 11 is 0. The third kappa shape index (κ3) is 46.2. The van der Waals surface area contributed by atoms with Gasteiger partial charge < -0.3 is 19.3 Å². The summed E-state index contributed by atoms with van der Waals surface area (Å²) in [5, 5.41) is 0. The van der Waals surface area contributed by atoms with Crippen LogP contribution in [0.15, 0.2) is 72.9 Å². The maximum Gasteiger partial charge on any atom is 0.469 e. The number of hydrogen-bond donors (Lipinski definition) is 2. The van der Waals surface area contributed by atoms with Gasteiger partial charge in [0.25, 0.3) is 0 Å². The van der Waals surface area contributed by atoms with Gasteiger partial charge in [0.15, 0.2) is 6.10 Å². The molecule has 0 amide bonds. The van der Waals surface area contributed by atoms with Crippen molar-refractivity contribution < 1.29 is 37.9 Å². The van der Waals surface area contributed by atoms with Gasteiger partial charge in [-0.3, -0.25) is 14.1 Å². The summed E-state index contributed by atoms with van der Waals surface area (Å²) in [4.78, 5) is 42.9. The fraction of sp³-hybridized carbons (Fsp3) is 0.714. The predicted octanol–water partition coefficient (Wildman–Crippen LogP) is 14.6. The summed E-state index contributed by atoms with van der Waals surface area (Å²) in [7, 11) is -4.78. The maximum atomic E-state index is 12.4. The molecular formula is C49H85O8P. The molecule has 8 nitrogen and oxygen atoms in total. The van der Waals surface area contributed by atoms with Gasteiger partial charge in [0.05, 0.1) is 6.61 Å². The largest absolute Gasteiger partial charge is 0.469 e. The van der Waals surface area contributed by atoms with E-state index in [1.807, 2.05) is 12.2 Å². The van der Waals surface area contributed by atoms with Crippen LogP contribution >= 0.6 is 7.82 Å². The maximum absolute atomic E-state index is 12.4. The normalized spacial score (nSPS) is 13.1. The monoisotopic (exact) mass is 833 g/mol. The molecule has 0 fully saturated rings. The van der Waals surface area contributed by atoms with Crippen molar-refractivity contribution in [2.75, 3.05) is 13.2 Å². The Kier molecular flexibility index (Phi) is 42.1. The Morgan fingerprint density at radius 3 is 1.21 bits per heavy atom. The average molecular weight is 833 g/mol. The minimum atomic E-state index is -4.78. The zero-order valence-electron chi connectivity index (χ0n) is 36.9. The quantitative estimate of drug-likeness (QED) is 0.0270. The van der Waals surface area contributed by atoms with E-state index in [0.29, 0.717) is 12.8 Å². The molecule has 0 aromatic heterocycles. The first-order valence-electron chi connectivity index (χ1n) is 23.2. The average Bonchev–Trinajstić information content (AvgIpc) is 3.20. The minimum absolute atomic E-state index is 0.140. The van der Waals surface area contributed by atoms with Crippen molar-refractivity contribution in [3.05, 3.63) is 72.9 Å². The van der Waals surface area contributed by atoms with Crippen LogP contribution in [0.4, 0.5) is 0 Å². The first kappa shape index (κ1) is 55.5. The van der Waals surface area contributed by atoms with E-state index >= 15 is 0 Å². The van der Waals surface area contributed by atoms with Gasteiger partial charge in [-0.15, -0.1) is 0 Å². The number of rotatable bonds is 42. The molecule has 2 N–H and O–H groups in total. The van der Waals surface area contributed by atoms with Crippen LogP contribution in [0.5, 0.6) is 0 Å². The van der Waals surface area contributed by atoms with E-state index < -0.39 is 32.5 Å².